The number of nitrogens with one attached hydrogen (secondary N) is 1. The number of carbonyl (C=O) groups is 2. The minimum Gasteiger partial charge on any atom is -0.480 e. The van der Waals surface area contributed by atoms with Crippen LogP contribution in [0.3, 0.4) is 0 Å². The third-order valence-corrected chi connectivity index (χ3v) is 2.20. The monoisotopic (exact) mass is 259 g/mol. The first-order valence-corrected chi connectivity index (χ1v) is 5.74. The number of nitrogens with zero attached hydrogens (tertiary/aromatic N) is 1. The van der Waals surface area contributed by atoms with Gasteiger partial charge < -0.3 is 27.6 Å². The van der Waals surface area contributed by atoms with Crippen LogP contribution in [0.4, 0.5) is 0 Å². The van der Waals surface area contributed by atoms with Crippen molar-refractivity contribution in [2.24, 2.45) is 22.2 Å². The quantitative estimate of drug-likeness (QED) is 0.189. The zero-order valence-electron chi connectivity index (χ0n) is 10.3. The minimum atomic E-state index is -1.10. The van der Waals surface area contributed by atoms with E-state index in [1.54, 1.807) is 0 Å². The molecule has 0 saturated heterocycles. The van der Waals surface area contributed by atoms with Gasteiger partial charge in [-0.2, -0.15) is 0 Å². The summed E-state index contributed by atoms with van der Waals surface area (Å²) < 4.78 is 0. The summed E-state index contributed by atoms with van der Waals surface area (Å²) in [7, 11) is 0. The van der Waals surface area contributed by atoms with Crippen molar-refractivity contribution < 1.29 is 14.7 Å². The first-order chi connectivity index (χ1) is 8.43. The van der Waals surface area contributed by atoms with Crippen LogP contribution in [0.25, 0.3) is 0 Å². The molecular formula is C10H21N5O3. The van der Waals surface area contributed by atoms with Crippen LogP contribution >= 0.6 is 0 Å². The molecule has 8 nitrogen and oxygen atoms in total. The smallest absolute Gasteiger partial charge is 0.320 e. The molecule has 1 amide bonds. The van der Waals surface area contributed by atoms with Gasteiger partial charge in [0.2, 0.25) is 5.91 Å². The Labute approximate surface area is 106 Å². The van der Waals surface area contributed by atoms with E-state index in [1.807, 2.05) is 0 Å². The molecule has 0 aromatic carbocycles. The van der Waals surface area contributed by atoms with Gasteiger partial charge in [0.05, 0.1) is 0 Å². The lowest BCUT2D eigenvalue weighted by Crippen LogP contribution is -2.33. The maximum absolute atomic E-state index is 11.3. The third-order valence-electron chi connectivity index (χ3n) is 2.20. The Bertz CT molecular complexity index is 302. The number of amides is 1. The van der Waals surface area contributed by atoms with Gasteiger partial charge in [0.25, 0.3) is 0 Å². The van der Waals surface area contributed by atoms with E-state index in [0.29, 0.717) is 13.1 Å². The summed E-state index contributed by atoms with van der Waals surface area (Å²) in [6.45, 7) is 1.04. The van der Waals surface area contributed by atoms with Crippen LogP contribution in [0.2, 0.25) is 0 Å². The van der Waals surface area contributed by atoms with Crippen molar-refractivity contribution in [3.63, 3.8) is 0 Å². The highest BCUT2D eigenvalue weighted by Crippen LogP contribution is 1.95. The maximum atomic E-state index is 11.3. The average Bonchev–Trinajstić information content (AvgIpc) is 2.29. The standard InChI is InChI=1S/C10H21N5O3/c11-7(9(17)18)3-4-8(16)14-5-1-2-6-15-10(12)13/h7H,1-6,11H2,(H,14,16)(H,17,18)(H4,12,13,15)/t7-/m0/s1. The fourth-order valence-corrected chi connectivity index (χ4v) is 1.17. The lowest BCUT2D eigenvalue weighted by atomic mass is 10.1. The number of rotatable bonds is 9. The van der Waals surface area contributed by atoms with Gasteiger partial charge in [0.1, 0.15) is 6.04 Å². The van der Waals surface area contributed by atoms with Crippen LogP contribution < -0.4 is 22.5 Å². The first-order valence-electron chi connectivity index (χ1n) is 5.74. The molecular weight excluding hydrogens is 238 g/mol. The van der Waals surface area contributed by atoms with Crippen LogP contribution in [0.15, 0.2) is 4.99 Å². The Hall–Kier alpha value is -1.83. The van der Waals surface area contributed by atoms with Gasteiger partial charge in [0, 0.05) is 19.5 Å². The molecule has 8 heteroatoms. The number of hydrogen-bond acceptors (Lipinski definition) is 4. The number of unbranched alkanes of at least 4 members (excludes halogenated alkanes) is 1. The van der Waals surface area contributed by atoms with E-state index in [0.717, 1.165) is 12.8 Å². The third kappa shape index (κ3) is 9.40. The summed E-state index contributed by atoms with van der Waals surface area (Å²) in [6.07, 6.45) is 1.77. The van der Waals surface area contributed by atoms with Crippen LogP contribution in [-0.2, 0) is 9.59 Å². The molecule has 0 spiro atoms. The van der Waals surface area contributed by atoms with Gasteiger partial charge in [-0.25, -0.2) is 0 Å². The molecule has 0 bridgehead atoms. The number of hydrogen-bond donors (Lipinski definition) is 5. The highest BCUT2D eigenvalue weighted by Gasteiger charge is 2.12. The van der Waals surface area contributed by atoms with E-state index >= 15 is 0 Å². The normalized spacial score (nSPS) is 11.6. The molecule has 104 valence electrons. The molecule has 18 heavy (non-hydrogen) atoms. The molecule has 0 radical (unpaired) electrons. The Morgan fingerprint density at radius 3 is 2.50 bits per heavy atom. The molecule has 0 fully saturated rings. The van der Waals surface area contributed by atoms with Crippen LogP contribution in [0, 0.1) is 0 Å². The number of aliphatic imine (C=N–C) groups is 1. The summed E-state index contributed by atoms with van der Waals surface area (Å²) >= 11 is 0. The lowest BCUT2D eigenvalue weighted by Gasteiger charge is -2.07. The topological polar surface area (TPSA) is 157 Å². The van der Waals surface area contributed by atoms with Gasteiger partial charge in [-0.05, 0) is 19.3 Å². The predicted octanol–water partition coefficient (Wildman–Crippen LogP) is -1.65. The van der Waals surface area contributed by atoms with Gasteiger partial charge >= 0.3 is 5.97 Å². The summed E-state index contributed by atoms with van der Waals surface area (Å²) in [5.41, 5.74) is 15.6. The first kappa shape index (κ1) is 16.2. The van der Waals surface area contributed by atoms with E-state index < -0.39 is 12.0 Å². The molecule has 0 aliphatic rings. The molecule has 0 aliphatic carbocycles. The highest BCUT2D eigenvalue weighted by atomic mass is 16.4. The van der Waals surface area contributed by atoms with Crippen molar-refractivity contribution >= 4 is 17.8 Å². The van der Waals surface area contributed by atoms with Crippen molar-refractivity contribution in [3.05, 3.63) is 0 Å². The van der Waals surface area contributed by atoms with Crippen molar-refractivity contribution in [2.75, 3.05) is 13.1 Å². The zero-order valence-corrected chi connectivity index (χ0v) is 10.3. The SMILES string of the molecule is NC(N)=NCCCCNC(=O)CC[C@H](N)C(=O)O. The molecule has 0 unspecified atom stereocenters. The fraction of sp³-hybridized carbons (Fsp3) is 0.700. The largest absolute Gasteiger partial charge is 0.480 e. The number of carboxylic acid groups (broad SMARTS) is 1. The summed E-state index contributed by atoms with van der Waals surface area (Å²) in [5.74, 6) is -1.24. The van der Waals surface area contributed by atoms with E-state index in [1.165, 1.54) is 0 Å². The molecule has 8 N–H and O–H groups in total. The average molecular weight is 259 g/mol. The Morgan fingerprint density at radius 2 is 1.94 bits per heavy atom. The van der Waals surface area contributed by atoms with E-state index in [2.05, 4.69) is 10.3 Å². The summed E-state index contributed by atoms with van der Waals surface area (Å²) in [6, 6.07) is -0.988. The van der Waals surface area contributed by atoms with E-state index in [9.17, 15) is 9.59 Å². The molecule has 0 rings (SSSR count). The van der Waals surface area contributed by atoms with Crippen molar-refractivity contribution in [2.45, 2.75) is 31.7 Å². The van der Waals surface area contributed by atoms with Gasteiger partial charge in [-0.15, -0.1) is 0 Å². The van der Waals surface area contributed by atoms with Gasteiger partial charge in [-0.1, -0.05) is 0 Å². The Kier molecular flexibility index (Phi) is 8.29. The number of guanidine groups is 1. The zero-order chi connectivity index (χ0) is 14.0. The second-order valence-corrected chi connectivity index (χ2v) is 3.85. The van der Waals surface area contributed by atoms with Crippen LogP contribution in [0.5, 0.6) is 0 Å². The summed E-state index contributed by atoms with van der Waals surface area (Å²) in [4.78, 5) is 25.5. The second-order valence-electron chi connectivity index (χ2n) is 3.85. The van der Waals surface area contributed by atoms with Crippen LogP contribution in [0.1, 0.15) is 25.7 Å². The lowest BCUT2D eigenvalue weighted by molar-refractivity contribution is -0.138. The summed E-state index contributed by atoms with van der Waals surface area (Å²) in [5, 5.41) is 11.2. The molecule has 1 atom stereocenters. The molecule has 0 aromatic heterocycles. The predicted molar refractivity (Wildman–Crippen MR) is 67.8 cm³/mol. The highest BCUT2D eigenvalue weighted by molar-refractivity contribution is 5.78. The molecule has 0 aliphatic heterocycles. The number of carboxylic acids is 1. The molecule has 0 aromatic rings. The Balaban J connectivity index is 3.48. The number of nitrogens with two attached hydrogens (primary N) is 3. The fourth-order valence-electron chi connectivity index (χ4n) is 1.17. The van der Waals surface area contributed by atoms with Crippen molar-refractivity contribution in [1.29, 1.82) is 0 Å². The molecule has 0 saturated carbocycles. The van der Waals surface area contributed by atoms with Gasteiger partial charge in [0.15, 0.2) is 5.96 Å². The van der Waals surface area contributed by atoms with Crippen molar-refractivity contribution in [1.82, 2.24) is 5.32 Å². The second kappa shape index (κ2) is 9.23. The van der Waals surface area contributed by atoms with E-state index in [4.69, 9.17) is 22.3 Å². The number of aliphatic carboxylic acids is 1. The number of carbonyl (C=O) groups excluding carboxylic acids is 1. The van der Waals surface area contributed by atoms with Crippen LogP contribution in [-0.4, -0.2) is 42.1 Å². The maximum Gasteiger partial charge on any atom is 0.320 e. The molecule has 0 heterocycles. The van der Waals surface area contributed by atoms with Gasteiger partial charge in [-0.3, -0.25) is 14.6 Å². The van der Waals surface area contributed by atoms with E-state index in [-0.39, 0.29) is 24.7 Å². The van der Waals surface area contributed by atoms with Crippen molar-refractivity contribution in [3.8, 4) is 0 Å². The Morgan fingerprint density at radius 1 is 1.28 bits per heavy atom. The minimum absolute atomic E-state index is 0.0571.